The van der Waals surface area contributed by atoms with Crippen molar-refractivity contribution in [3.63, 3.8) is 0 Å². The number of amides is 1. The molecule has 0 unspecified atom stereocenters. The van der Waals surface area contributed by atoms with E-state index in [4.69, 9.17) is 9.47 Å². The number of aryl methyl sites for hydroxylation is 1. The molecule has 0 aromatic heterocycles. The van der Waals surface area contributed by atoms with Gasteiger partial charge in [-0.3, -0.25) is 14.9 Å². The molecular weight excluding hydrogens is 338 g/mol. The molecule has 8 nitrogen and oxygen atoms in total. The molecule has 0 N–H and O–H groups in total. The Balaban J connectivity index is 1.76. The molecule has 0 saturated carbocycles. The van der Waals surface area contributed by atoms with Crippen molar-refractivity contribution in [3.8, 4) is 5.75 Å². The zero-order valence-corrected chi connectivity index (χ0v) is 14.3. The van der Waals surface area contributed by atoms with Crippen molar-refractivity contribution < 1.29 is 19.2 Å². The lowest BCUT2D eigenvalue weighted by Gasteiger charge is -2.19. The maximum absolute atomic E-state index is 11.8. The zero-order chi connectivity index (χ0) is 18.7. The number of nitro groups is 1. The first-order chi connectivity index (χ1) is 12.4. The number of non-ortho nitro benzene ring substituents is 1. The number of rotatable bonds is 5. The normalized spacial score (nSPS) is 16.0. The fourth-order valence-electron chi connectivity index (χ4n) is 2.49. The highest BCUT2D eigenvalue weighted by Crippen LogP contribution is 2.22. The lowest BCUT2D eigenvalue weighted by molar-refractivity contribution is -0.384. The third-order valence-electron chi connectivity index (χ3n) is 3.73. The van der Waals surface area contributed by atoms with Crippen LogP contribution in [0.25, 0.3) is 0 Å². The smallest absolute Gasteiger partial charge is 0.270 e. The van der Waals surface area contributed by atoms with Crippen LogP contribution in [0.5, 0.6) is 5.75 Å². The first-order valence-electron chi connectivity index (χ1n) is 7.93. The van der Waals surface area contributed by atoms with Gasteiger partial charge in [0.1, 0.15) is 12.4 Å². The maximum Gasteiger partial charge on any atom is 0.270 e. The molecular formula is C18H17N3O5. The SMILES string of the molecule is CC(=O)N1N=C(c2cccc([N+](=O)[O-])c2)O[C@@H]1COc1cccc(C)c1. The summed E-state index contributed by atoms with van der Waals surface area (Å²) < 4.78 is 11.4. The summed E-state index contributed by atoms with van der Waals surface area (Å²) in [6, 6.07) is 13.4. The van der Waals surface area contributed by atoms with Gasteiger partial charge >= 0.3 is 0 Å². The van der Waals surface area contributed by atoms with E-state index in [0.29, 0.717) is 11.3 Å². The molecule has 1 aliphatic rings. The molecule has 0 fully saturated rings. The van der Waals surface area contributed by atoms with Crippen molar-refractivity contribution in [1.29, 1.82) is 0 Å². The van der Waals surface area contributed by atoms with E-state index in [1.54, 1.807) is 6.07 Å². The van der Waals surface area contributed by atoms with Crippen molar-refractivity contribution in [2.24, 2.45) is 5.10 Å². The molecule has 1 aliphatic heterocycles. The van der Waals surface area contributed by atoms with Crippen LogP contribution in [0.1, 0.15) is 18.1 Å². The Bertz CT molecular complexity index is 881. The molecule has 0 spiro atoms. The van der Waals surface area contributed by atoms with Crippen LogP contribution in [-0.2, 0) is 9.53 Å². The molecule has 1 amide bonds. The Morgan fingerprint density at radius 1 is 1.31 bits per heavy atom. The third-order valence-corrected chi connectivity index (χ3v) is 3.73. The molecule has 26 heavy (non-hydrogen) atoms. The number of carbonyl (C=O) groups excluding carboxylic acids is 1. The Labute approximate surface area is 149 Å². The Hall–Kier alpha value is -3.42. The summed E-state index contributed by atoms with van der Waals surface area (Å²) in [5.41, 5.74) is 1.39. The van der Waals surface area contributed by atoms with Gasteiger partial charge in [-0.2, -0.15) is 5.01 Å². The maximum atomic E-state index is 11.8. The number of benzene rings is 2. The van der Waals surface area contributed by atoms with Gasteiger partial charge in [0.15, 0.2) is 0 Å². The largest absolute Gasteiger partial charge is 0.488 e. The van der Waals surface area contributed by atoms with Crippen molar-refractivity contribution in [2.45, 2.75) is 20.1 Å². The lowest BCUT2D eigenvalue weighted by Crippen LogP contribution is -2.36. The summed E-state index contributed by atoms with van der Waals surface area (Å²) >= 11 is 0. The van der Waals surface area contributed by atoms with Crippen molar-refractivity contribution >= 4 is 17.5 Å². The molecule has 1 heterocycles. The number of nitrogens with zero attached hydrogens (tertiary/aromatic N) is 3. The standard InChI is InChI=1S/C18H17N3O5/c1-12-5-3-8-16(9-12)25-11-17-20(13(2)22)19-18(26-17)14-6-4-7-15(10-14)21(23)24/h3-10,17H,11H2,1-2H3/t17-/m1/s1. The van der Waals surface area contributed by atoms with Crippen LogP contribution >= 0.6 is 0 Å². The minimum atomic E-state index is -0.748. The van der Waals surface area contributed by atoms with E-state index < -0.39 is 11.2 Å². The van der Waals surface area contributed by atoms with Crippen LogP contribution < -0.4 is 4.74 Å². The molecule has 134 valence electrons. The van der Waals surface area contributed by atoms with E-state index in [1.165, 1.54) is 30.1 Å². The summed E-state index contributed by atoms with van der Waals surface area (Å²) in [7, 11) is 0. The summed E-state index contributed by atoms with van der Waals surface area (Å²) in [5, 5.41) is 16.2. The van der Waals surface area contributed by atoms with E-state index in [1.807, 2.05) is 31.2 Å². The summed E-state index contributed by atoms with van der Waals surface area (Å²) in [4.78, 5) is 22.3. The molecule has 0 radical (unpaired) electrons. The van der Waals surface area contributed by atoms with Crippen LogP contribution in [0.4, 0.5) is 5.69 Å². The molecule has 2 aromatic rings. The summed E-state index contributed by atoms with van der Waals surface area (Å²) in [6.45, 7) is 3.39. The van der Waals surface area contributed by atoms with Gasteiger partial charge in [-0.05, 0) is 30.7 Å². The van der Waals surface area contributed by atoms with Crippen LogP contribution in [0.15, 0.2) is 53.6 Å². The van der Waals surface area contributed by atoms with Crippen LogP contribution in [0, 0.1) is 17.0 Å². The fourth-order valence-corrected chi connectivity index (χ4v) is 2.49. The highest BCUT2D eigenvalue weighted by molar-refractivity contribution is 5.96. The Kier molecular flexibility index (Phi) is 4.83. The van der Waals surface area contributed by atoms with Gasteiger partial charge in [0.2, 0.25) is 18.0 Å². The second-order valence-corrected chi connectivity index (χ2v) is 5.78. The second-order valence-electron chi connectivity index (χ2n) is 5.78. The van der Waals surface area contributed by atoms with Gasteiger partial charge in [0, 0.05) is 24.6 Å². The van der Waals surface area contributed by atoms with Crippen LogP contribution in [-0.4, -0.2) is 34.6 Å². The molecule has 2 aromatic carbocycles. The minimum Gasteiger partial charge on any atom is -0.488 e. The van der Waals surface area contributed by atoms with E-state index >= 15 is 0 Å². The predicted molar refractivity (Wildman–Crippen MR) is 93.7 cm³/mol. The Morgan fingerprint density at radius 2 is 2.08 bits per heavy atom. The number of ether oxygens (including phenoxy) is 2. The first-order valence-corrected chi connectivity index (χ1v) is 7.93. The average Bonchev–Trinajstić information content (AvgIpc) is 3.05. The van der Waals surface area contributed by atoms with Crippen LogP contribution in [0.2, 0.25) is 0 Å². The van der Waals surface area contributed by atoms with E-state index in [0.717, 1.165) is 5.56 Å². The van der Waals surface area contributed by atoms with Crippen molar-refractivity contribution in [2.75, 3.05) is 6.61 Å². The Morgan fingerprint density at radius 3 is 2.77 bits per heavy atom. The number of hydrogen-bond donors (Lipinski definition) is 0. The predicted octanol–water partition coefficient (Wildman–Crippen LogP) is 2.85. The first kappa shape index (κ1) is 17.4. The van der Waals surface area contributed by atoms with Gasteiger partial charge in [0.25, 0.3) is 5.69 Å². The van der Waals surface area contributed by atoms with E-state index in [2.05, 4.69) is 5.10 Å². The number of nitro benzene ring substituents is 1. The minimum absolute atomic E-state index is 0.0744. The molecule has 8 heteroatoms. The topological polar surface area (TPSA) is 94.3 Å². The monoisotopic (exact) mass is 355 g/mol. The summed E-state index contributed by atoms with van der Waals surface area (Å²) in [5.74, 6) is 0.478. The van der Waals surface area contributed by atoms with Crippen molar-refractivity contribution in [1.82, 2.24) is 5.01 Å². The lowest BCUT2D eigenvalue weighted by atomic mass is 10.2. The third kappa shape index (κ3) is 3.80. The van der Waals surface area contributed by atoms with E-state index in [9.17, 15) is 14.9 Å². The molecule has 3 rings (SSSR count). The summed E-state index contributed by atoms with van der Waals surface area (Å²) in [6.07, 6.45) is -0.748. The average molecular weight is 355 g/mol. The van der Waals surface area contributed by atoms with Gasteiger partial charge in [-0.25, -0.2) is 0 Å². The van der Waals surface area contributed by atoms with Gasteiger partial charge in [-0.1, -0.05) is 18.2 Å². The van der Waals surface area contributed by atoms with Gasteiger partial charge in [0.05, 0.1) is 4.92 Å². The van der Waals surface area contributed by atoms with E-state index in [-0.39, 0.29) is 24.1 Å². The van der Waals surface area contributed by atoms with Gasteiger partial charge in [-0.15, -0.1) is 5.10 Å². The fraction of sp³-hybridized carbons (Fsp3) is 0.222. The molecule has 0 bridgehead atoms. The molecule has 0 saturated heterocycles. The molecule has 0 aliphatic carbocycles. The number of hydrogen-bond acceptors (Lipinski definition) is 6. The number of hydrazone groups is 1. The quantitative estimate of drug-likeness (QED) is 0.607. The number of carbonyl (C=O) groups is 1. The van der Waals surface area contributed by atoms with Crippen LogP contribution in [0.3, 0.4) is 0 Å². The second kappa shape index (κ2) is 7.22. The van der Waals surface area contributed by atoms with Crippen molar-refractivity contribution in [3.05, 3.63) is 69.8 Å². The highest BCUT2D eigenvalue weighted by Gasteiger charge is 2.32. The van der Waals surface area contributed by atoms with Gasteiger partial charge < -0.3 is 9.47 Å². The zero-order valence-electron chi connectivity index (χ0n) is 14.3. The molecule has 1 atom stereocenters. The highest BCUT2D eigenvalue weighted by atomic mass is 16.6.